The topological polar surface area (TPSA) is 49.0 Å². The first-order valence-corrected chi connectivity index (χ1v) is 5.71. The Morgan fingerprint density at radius 2 is 1.62 bits per heavy atom. The van der Waals surface area contributed by atoms with Crippen molar-refractivity contribution in [2.45, 2.75) is 24.7 Å². The highest BCUT2D eigenvalue weighted by Gasteiger charge is 2.41. The molecule has 0 amide bonds. The van der Waals surface area contributed by atoms with Crippen LogP contribution >= 0.6 is 0 Å². The predicted octanol–water partition coefficient (Wildman–Crippen LogP) is 0.0413. The molecule has 1 N–H and O–H groups in total. The van der Waals surface area contributed by atoms with E-state index in [-0.39, 0.29) is 12.2 Å². The summed E-state index contributed by atoms with van der Waals surface area (Å²) in [6.45, 7) is 2.49. The highest BCUT2D eigenvalue weighted by atomic mass is 16.6. The second kappa shape index (κ2) is 7.97. The molecule has 0 radical (unpaired) electrons. The van der Waals surface area contributed by atoms with Gasteiger partial charge in [-0.05, 0) is 13.5 Å². The molecule has 1 aliphatic rings. The molecule has 16 heavy (non-hydrogen) atoms. The summed E-state index contributed by atoms with van der Waals surface area (Å²) < 4.78 is 21.3. The van der Waals surface area contributed by atoms with Gasteiger partial charge in [0, 0.05) is 20.3 Å². The van der Waals surface area contributed by atoms with E-state index in [0.717, 1.165) is 6.42 Å². The molecule has 0 saturated heterocycles. The van der Waals surface area contributed by atoms with E-state index >= 15 is 0 Å². The normalized spacial score (nSPS) is 29.1. The van der Waals surface area contributed by atoms with Crippen molar-refractivity contribution >= 4 is 0 Å². The van der Waals surface area contributed by atoms with Gasteiger partial charge in [0.05, 0.1) is 38.6 Å². The van der Waals surface area contributed by atoms with Crippen molar-refractivity contribution in [3.63, 3.8) is 0 Å². The maximum absolute atomic E-state index is 5.71. The lowest BCUT2D eigenvalue weighted by Crippen LogP contribution is -2.59. The molecule has 0 spiro atoms. The second-order valence-corrected chi connectivity index (χ2v) is 3.86. The van der Waals surface area contributed by atoms with Gasteiger partial charge in [0.15, 0.2) is 0 Å². The largest absolute Gasteiger partial charge is 0.382 e. The van der Waals surface area contributed by atoms with Crippen molar-refractivity contribution in [1.29, 1.82) is 0 Å². The fraction of sp³-hybridized carbons (Fsp3) is 1.00. The summed E-state index contributed by atoms with van der Waals surface area (Å²) in [6, 6.07) is 0.393. The molecule has 0 aromatic rings. The number of likely N-dealkylation sites (N-methyl/N-ethyl adjacent to an activating group) is 1. The lowest BCUT2D eigenvalue weighted by molar-refractivity contribution is -0.155. The van der Waals surface area contributed by atoms with Crippen LogP contribution in [0.2, 0.25) is 0 Å². The quantitative estimate of drug-likeness (QED) is 0.570. The molecule has 0 heterocycles. The summed E-state index contributed by atoms with van der Waals surface area (Å²) in [4.78, 5) is 0. The molecular formula is C11H23NO4. The van der Waals surface area contributed by atoms with Gasteiger partial charge < -0.3 is 24.3 Å². The zero-order valence-electron chi connectivity index (χ0n) is 10.4. The Morgan fingerprint density at radius 3 is 2.19 bits per heavy atom. The fourth-order valence-electron chi connectivity index (χ4n) is 1.80. The van der Waals surface area contributed by atoms with Gasteiger partial charge >= 0.3 is 0 Å². The van der Waals surface area contributed by atoms with E-state index in [4.69, 9.17) is 18.9 Å². The highest BCUT2D eigenvalue weighted by Crippen LogP contribution is 2.27. The first-order valence-electron chi connectivity index (χ1n) is 5.71. The second-order valence-electron chi connectivity index (χ2n) is 3.86. The summed E-state index contributed by atoms with van der Waals surface area (Å²) in [7, 11) is 5.29. The molecule has 1 saturated carbocycles. The lowest BCUT2D eigenvalue weighted by atomic mass is 9.85. The lowest BCUT2D eigenvalue weighted by Gasteiger charge is -2.43. The van der Waals surface area contributed by atoms with Crippen LogP contribution in [0.1, 0.15) is 6.42 Å². The smallest absolute Gasteiger partial charge is 0.0991 e. The van der Waals surface area contributed by atoms with Crippen molar-refractivity contribution in [3.8, 4) is 0 Å². The molecule has 1 fully saturated rings. The summed E-state index contributed by atoms with van der Waals surface area (Å²) in [5, 5.41) is 3.22. The summed E-state index contributed by atoms with van der Waals surface area (Å²) in [6.07, 6.45) is 1.32. The fourth-order valence-corrected chi connectivity index (χ4v) is 1.80. The van der Waals surface area contributed by atoms with Gasteiger partial charge in [-0.1, -0.05) is 0 Å². The van der Waals surface area contributed by atoms with Gasteiger partial charge in [0.2, 0.25) is 0 Å². The van der Waals surface area contributed by atoms with Crippen LogP contribution in [-0.2, 0) is 18.9 Å². The van der Waals surface area contributed by atoms with Crippen molar-refractivity contribution in [3.05, 3.63) is 0 Å². The van der Waals surface area contributed by atoms with E-state index < -0.39 is 0 Å². The molecule has 0 aromatic heterocycles. The Hall–Kier alpha value is -0.200. The van der Waals surface area contributed by atoms with Gasteiger partial charge in [0.1, 0.15) is 0 Å². The Balaban J connectivity index is 2.18. The van der Waals surface area contributed by atoms with Crippen molar-refractivity contribution in [2.24, 2.45) is 0 Å². The maximum atomic E-state index is 5.71. The van der Waals surface area contributed by atoms with Crippen LogP contribution in [0.15, 0.2) is 0 Å². The number of nitrogens with one attached hydrogen (secondary N) is 1. The van der Waals surface area contributed by atoms with Gasteiger partial charge in [0.25, 0.3) is 0 Å². The van der Waals surface area contributed by atoms with Crippen LogP contribution < -0.4 is 5.32 Å². The molecule has 3 unspecified atom stereocenters. The Bertz CT molecular complexity index is 179. The van der Waals surface area contributed by atoms with Crippen molar-refractivity contribution < 1.29 is 18.9 Å². The van der Waals surface area contributed by atoms with E-state index in [1.807, 2.05) is 7.05 Å². The first kappa shape index (κ1) is 13.9. The van der Waals surface area contributed by atoms with Crippen LogP contribution in [0.4, 0.5) is 0 Å². The third kappa shape index (κ3) is 3.99. The van der Waals surface area contributed by atoms with Crippen LogP contribution in [-0.4, -0.2) is 65.9 Å². The molecular weight excluding hydrogens is 210 g/mol. The minimum Gasteiger partial charge on any atom is -0.382 e. The average Bonchev–Trinajstić information content (AvgIpc) is 2.28. The molecule has 1 rings (SSSR count). The molecule has 0 aromatic carbocycles. The molecule has 96 valence electrons. The third-order valence-corrected chi connectivity index (χ3v) is 2.84. The van der Waals surface area contributed by atoms with Gasteiger partial charge in [-0.2, -0.15) is 0 Å². The minimum absolute atomic E-state index is 0.136. The zero-order valence-corrected chi connectivity index (χ0v) is 10.4. The molecule has 5 heteroatoms. The van der Waals surface area contributed by atoms with E-state index in [1.54, 1.807) is 14.2 Å². The Morgan fingerprint density at radius 1 is 1.00 bits per heavy atom. The predicted molar refractivity (Wildman–Crippen MR) is 60.7 cm³/mol. The van der Waals surface area contributed by atoms with E-state index in [9.17, 15) is 0 Å². The first-order chi connectivity index (χ1) is 7.83. The molecule has 1 aliphatic carbocycles. The van der Waals surface area contributed by atoms with Crippen molar-refractivity contribution in [1.82, 2.24) is 5.32 Å². The number of methoxy groups -OCH3 is 2. The monoisotopic (exact) mass is 233 g/mol. The zero-order chi connectivity index (χ0) is 11.8. The summed E-state index contributed by atoms with van der Waals surface area (Å²) >= 11 is 0. The molecule has 5 nitrogen and oxygen atoms in total. The summed E-state index contributed by atoms with van der Waals surface area (Å²) in [5.74, 6) is 0. The van der Waals surface area contributed by atoms with Gasteiger partial charge in [-0.15, -0.1) is 0 Å². The SMILES string of the molecule is CNC1CC(OCCOC)C1OCCOC. The average molecular weight is 233 g/mol. The maximum Gasteiger partial charge on any atom is 0.0991 e. The third-order valence-electron chi connectivity index (χ3n) is 2.84. The number of hydrogen-bond donors (Lipinski definition) is 1. The van der Waals surface area contributed by atoms with Crippen molar-refractivity contribution in [2.75, 3.05) is 47.7 Å². The van der Waals surface area contributed by atoms with Gasteiger partial charge in [-0.3, -0.25) is 0 Å². The van der Waals surface area contributed by atoms with E-state index in [1.165, 1.54) is 0 Å². The van der Waals surface area contributed by atoms with Crippen LogP contribution in [0.3, 0.4) is 0 Å². The van der Waals surface area contributed by atoms with E-state index in [2.05, 4.69) is 5.32 Å². The van der Waals surface area contributed by atoms with Crippen LogP contribution in [0.25, 0.3) is 0 Å². The molecule has 3 atom stereocenters. The Labute approximate surface area is 97.4 Å². The van der Waals surface area contributed by atoms with E-state index in [0.29, 0.717) is 32.5 Å². The minimum atomic E-state index is 0.136. The molecule has 0 aliphatic heterocycles. The number of hydrogen-bond acceptors (Lipinski definition) is 5. The number of ether oxygens (including phenoxy) is 4. The molecule has 0 bridgehead atoms. The standard InChI is InChI=1S/C11H23NO4/c1-12-9-8-10(15-6-4-13-2)11(9)16-7-5-14-3/h9-12H,4-8H2,1-3H3. The Kier molecular flexibility index (Phi) is 6.91. The summed E-state index contributed by atoms with van der Waals surface area (Å²) in [5.41, 5.74) is 0. The number of rotatable bonds is 9. The van der Waals surface area contributed by atoms with Crippen LogP contribution in [0.5, 0.6) is 0 Å². The highest BCUT2D eigenvalue weighted by molar-refractivity contribution is 4.96. The van der Waals surface area contributed by atoms with Crippen LogP contribution in [0, 0.1) is 0 Å². The van der Waals surface area contributed by atoms with Gasteiger partial charge in [-0.25, -0.2) is 0 Å².